The predicted octanol–water partition coefficient (Wildman–Crippen LogP) is 1.82. The largest absolute Gasteiger partial charge is 0.339 e. The van der Waals surface area contributed by atoms with Crippen LogP contribution in [-0.2, 0) is 6.42 Å². The number of carbonyl (C=O) groups excluding carboxylic acids is 1. The molecule has 5 nitrogen and oxygen atoms in total. The molecule has 2 rings (SSSR count). The van der Waals surface area contributed by atoms with Crippen molar-refractivity contribution in [3.05, 3.63) is 47.5 Å². The molecule has 5 heteroatoms. The number of carbonyl (C=O) groups is 1. The van der Waals surface area contributed by atoms with Gasteiger partial charge in [0.1, 0.15) is 5.82 Å². The molecule has 0 fully saturated rings. The zero-order valence-corrected chi connectivity index (χ0v) is 11.3. The first kappa shape index (κ1) is 13.3. The van der Waals surface area contributed by atoms with Crippen molar-refractivity contribution in [3.63, 3.8) is 0 Å². The van der Waals surface area contributed by atoms with E-state index in [2.05, 4.69) is 27.3 Å². The number of nitrogens with zero attached hydrogens (tertiary/aromatic N) is 3. The number of hydrogen-bond donors (Lipinski definition) is 1. The van der Waals surface area contributed by atoms with Crippen LogP contribution in [0.3, 0.4) is 0 Å². The van der Waals surface area contributed by atoms with Crippen molar-refractivity contribution in [3.8, 4) is 0 Å². The molecule has 0 spiro atoms. The smallest absolute Gasteiger partial charge is 0.293 e. The normalized spacial score (nSPS) is 10.4. The van der Waals surface area contributed by atoms with Gasteiger partial charge in [-0.15, -0.1) is 5.10 Å². The minimum Gasteiger partial charge on any atom is -0.339 e. The van der Waals surface area contributed by atoms with Gasteiger partial charge in [-0.05, 0) is 25.3 Å². The van der Waals surface area contributed by atoms with Crippen LogP contribution in [0.25, 0.3) is 0 Å². The molecule has 0 aliphatic heterocycles. The molecule has 0 bridgehead atoms. The second kappa shape index (κ2) is 6.13. The summed E-state index contributed by atoms with van der Waals surface area (Å²) in [4.78, 5) is 17.7. The lowest BCUT2D eigenvalue weighted by Gasteiger charge is -2.14. The van der Waals surface area contributed by atoms with E-state index in [0.717, 1.165) is 12.8 Å². The molecule has 1 N–H and O–H groups in total. The fourth-order valence-corrected chi connectivity index (χ4v) is 1.88. The van der Waals surface area contributed by atoms with Crippen LogP contribution in [0.2, 0.25) is 0 Å². The van der Waals surface area contributed by atoms with Crippen LogP contribution in [0, 0.1) is 6.92 Å². The number of nitrogens with one attached hydrogen (secondary N) is 1. The summed E-state index contributed by atoms with van der Waals surface area (Å²) in [6.07, 6.45) is 1.89. The van der Waals surface area contributed by atoms with Gasteiger partial charge < -0.3 is 4.90 Å². The number of aromatic nitrogens is 3. The van der Waals surface area contributed by atoms with Crippen LogP contribution in [0.15, 0.2) is 30.3 Å². The number of H-pyrrole nitrogens is 1. The summed E-state index contributed by atoms with van der Waals surface area (Å²) in [5, 5.41) is 6.55. The van der Waals surface area contributed by atoms with Crippen LogP contribution in [0.1, 0.15) is 28.4 Å². The van der Waals surface area contributed by atoms with Gasteiger partial charge in [0, 0.05) is 13.6 Å². The average molecular weight is 258 g/mol. The summed E-state index contributed by atoms with van der Waals surface area (Å²) in [7, 11) is 1.78. The van der Waals surface area contributed by atoms with Crippen LogP contribution in [0.4, 0.5) is 0 Å². The Hall–Kier alpha value is -2.17. The molecule has 0 saturated heterocycles. The highest BCUT2D eigenvalue weighted by molar-refractivity contribution is 5.90. The quantitative estimate of drug-likeness (QED) is 0.889. The van der Waals surface area contributed by atoms with E-state index in [0.29, 0.717) is 12.4 Å². The van der Waals surface area contributed by atoms with Crippen LogP contribution >= 0.6 is 0 Å². The Labute approximate surface area is 112 Å². The van der Waals surface area contributed by atoms with Crippen molar-refractivity contribution >= 4 is 5.91 Å². The Morgan fingerprint density at radius 3 is 2.68 bits per heavy atom. The van der Waals surface area contributed by atoms with Gasteiger partial charge in [-0.25, -0.2) is 4.98 Å². The molecule has 0 unspecified atom stereocenters. The summed E-state index contributed by atoms with van der Waals surface area (Å²) >= 11 is 0. The Kier molecular flexibility index (Phi) is 4.28. The first-order valence-corrected chi connectivity index (χ1v) is 6.35. The first-order chi connectivity index (χ1) is 9.16. The number of amides is 1. The maximum absolute atomic E-state index is 12.0. The molecular formula is C14H18N4O. The topological polar surface area (TPSA) is 61.9 Å². The standard InChI is InChI=1S/C14H18N4O/c1-11-15-13(17-16-11)14(19)18(2)10-6-9-12-7-4-3-5-8-12/h3-5,7-8H,6,9-10H2,1-2H3,(H,15,16,17). The lowest BCUT2D eigenvalue weighted by Crippen LogP contribution is -2.29. The third kappa shape index (κ3) is 3.64. The third-order valence-corrected chi connectivity index (χ3v) is 2.94. The number of rotatable bonds is 5. The second-order valence-electron chi connectivity index (χ2n) is 4.56. The average Bonchev–Trinajstić information content (AvgIpc) is 2.85. The molecule has 0 aliphatic carbocycles. The van der Waals surface area contributed by atoms with E-state index in [1.807, 2.05) is 18.2 Å². The highest BCUT2D eigenvalue weighted by Crippen LogP contribution is 2.04. The molecule has 19 heavy (non-hydrogen) atoms. The van der Waals surface area contributed by atoms with E-state index in [4.69, 9.17) is 0 Å². The first-order valence-electron chi connectivity index (χ1n) is 6.35. The van der Waals surface area contributed by atoms with Crippen LogP contribution in [-0.4, -0.2) is 39.6 Å². The van der Waals surface area contributed by atoms with Crippen LogP contribution < -0.4 is 0 Å². The number of aromatic amines is 1. The van der Waals surface area contributed by atoms with E-state index in [1.54, 1.807) is 18.9 Å². The van der Waals surface area contributed by atoms with Crippen molar-refractivity contribution in [2.45, 2.75) is 19.8 Å². The van der Waals surface area contributed by atoms with Gasteiger partial charge in [-0.3, -0.25) is 9.89 Å². The van der Waals surface area contributed by atoms with Crippen molar-refractivity contribution in [2.24, 2.45) is 0 Å². The highest BCUT2D eigenvalue weighted by Gasteiger charge is 2.15. The molecule has 2 aromatic rings. The van der Waals surface area contributed by atoms with Crippen molar-refractivity contribution in [1.82, 2.24) is 20.1 Å². The minimum atomic E-state index is -0.141. The molecule has 0 saturated carbocycles. The molecule has 1 aromatic carbocycles. The summed E-state index contributed by atoms with van der Waals surface area (Å²) in [6.45, 7) is 2.47. The molecule has 0 atom stereocenters. The zero-order chi connectivity index (χ0) is 13.7. The summed E-state index contributed by atoms with van der Waals surface area (Å²) in [6, 6.07) is 10.3. The Morgan fingerprint density at radius 1 is 1.32 bits per heavy atom. The monoisotopic (exact) mass is 258 g/mol. The van der Waals surface area contributed by atoms with E-state index < -0.39 is 0 Å². The van der Waals surface area contributed by atoms with Gasteiger partial charge in [-0.2, -0.15) is 0 Å². The van der Waals surface area contributed by atoms with Gasteiger partial charge in [0.2, 0.25) is 5.82 Å². The summed E-state index contributed by atoms with van der Waals surface area (Å²) in [5.41, 5.74) is 1.29. The summed E-state index contributed by atoms with van der Waals surface area (Å²) < 4.78 is 0. The Bertz CT molecular complexity index is 535. The molecule has 0 radical (unpaired) electrons. The van der Waals surface area contributed by atoms with Gasteiger partial charge in [0.05, 0.1) is 0 Å². The number of hydrogen-bond acceptors (Lipinski definition) is 3. The highest BCUT2D eigenvalue weighted by atomic mass is 16.2. The Morgan fingerprint density at radius 2 is 2.05 bits per heavy atom. The van der Waals surface area contributed by atoms with Crippen molar-refractivity contribution < 1.29 is 4.79 Å². The maximum Gasteiger partial charge on any atom is 0.293 e. The lowest BCUT2D eigenvalue weighted by molar-refractivity contribution is 0.0782. The molecule has 0 aliphatic rings. The van der Waals surface area contributed by atoms with Gasteiger partial charge in [0.15, 0.2) is 0 Å². The van der Waals surface area contributed by atoms with E-state index >= 15 is 0 Å². The lowest BCUT2D eigenvalue weighted by atomic mass is 10.1. The number of aryl methyl sites for hydroxylation is 2. The van der Waals surface area contributed by atoms with Gasteiger partial charge >= 0.3 is 0 Å². The van der Waals surface area contributed by atoms with E-state index in [-0.39, 0.29) is 11.7 Å². The maximum atomic E-state index is 12.0. The molecule has 1 amide bonds. The molecule has 100 valence electrons. The van der Waals surface area contributed by atoms with E-state index in [9.17, 15) is 4.79 Å². The summed E-state index contributed by atoms with van der Waals surface area (Å²) in [5.74, 6) is 0.748. The fraction of sp³-hybridized carbons (Fsp3) is 0.357. The molecule has 1 aromatic heterocycles. The fourth-order valence-electron chi connectivity index (χ4n) is 1.88. The van der Waals surface area contributed by atoms with Gasteiger partial charge in [-0.1, -0.05) is 30.3 Å². The minimum absolute atomic E-state index is 0.141. The van der Waals surface area contributed by atoms with Crippen LogP contribution in [0.5, 0.6) is 0 Å². The van der Waals surface area contributed by atoms with Crippen molar-refractivity contribution in [2.75, 3.05) is 13.6 Å². The SMILES string of the molecule is Cc1nc(C(=O)N(C)CCCc2ccccc2)n[nH]1. The van der Waals surface area contributed by atoms with Gasteiger partial charge in [0.25, 0.3) is 5.91 Å². The second-order valence-corrected chi connectivity index (χ2v) is 4.56. The van der Waals surface area contributed by atoms with E-state index in [1.165, 1.54) is 5.56 Å². The predicted molar refractivity (Wildman–Crippen MR) is 72.8 cm³/mol. The zero-order valence-electron chi connectivity index (χ0n) is 11.3. The Balaban J connectivity index is 1.81. The third-order valence-electron chi connectivity index (χ3n) is 2.94. The molecular weight excluding hydrogens is 240 g/mol. The number of benzene rings is 1. The molecule has 1 heterocycles. The van der Waals surface area contributed by atoms with Crippen molar-refractivity contribution in [1.29, 1.82) is 0 Å².